The lowest BCUT2D eigenvalue weighted by Gasteiger charge is -2.21. The standard InChI is InChI=1S/C14H10N2O2S2/c15-11-7(19)3-1-5-9(11)14(18)6-2-4-8(20)12(16)10(6)13(5)17/h1-4,19-20H,15-16H2. The third-order valence-corrected chi connectivity index (χ3v) is 4.17. The minimum Gasteiger partial charge on any atom is -0.397 e. The fourth-order valence-corrected chi connectivity index (χ4v) is 2.73. The number of fused-ring (bicyclic) bond motifs is 2. The van der Waals surface area contributed by atoms with Gasteiger partial charge in [-0.25, -0.2) is 0 Å². The van der Waals surface area contributed by atoms with E-state index < -0.39 is 0 Å². The summed E-state index contributed by atoms with van der Waals surface area (Å²) < 4.78 is 0. The first-order chi connectivity index (χ1) is 9.43. The Morgan fingerprint density at radius 1 is 0.700 bits per heavy atom. The summed E-state index contributed by atoms with van der Waals surface area (Å²) in [6.07, 6.45) is 0. The van der Waals surface area contributed by atoms with Gasteiger partial charge >= 0.3 is 0 Å². The Hall–Kier alpha value is -1.92. The molecule has 0 saturated heterocycles. The van der Waals surface area contributed by atoms with Gasteiger partial charge in [0.15, 0.2) is 11.6 Å². The van der Waals surface area contributed by atoms with Crippen LogP contribution in [0.15, 0.2) is 34.1 Å². The second-order valence-corrected chi connectivity index (χ2v) is 5.46. The van der Waals surface area contributed by atoms with Gasteiger partial charge in [0.25, 0.3) is 0 Å². The molecule has 0 bridgehead atoms. The fraction of sp³-hybridized carbons (Fsp3) is 0. The van der Waals surface area contributed by atoms with Crippen LogP contribution in [-0.4, -0.2) is 11.6 Å². The van der Waals surface area contributed by atoms with Crippen LogP contribution < -0.4 is 11.5 Å². The number of nitrogen functional groups attached to an aromatic ring is 2. The van der Waals surface area contributed by atoms with Crippen molar-refractivity contribution in [2.24, 2.45) is 0 Å². The molecular formula is C14H10N2O2S2. The summed E-state index contributed by atoms with van der Waals surface area (Å²) >= 11 is 8.37. The molecule has 2 aromatic carbocycles. The van der Waals surface area contributed by atoms with Crippen LogP contribution in [0.25, 0.3) is 0 Å². The van der Waals surface area contributed by atoms with E-state index in [0.29, 0.717) is 9.79 Å². The smallest absolute Gasteiger partial charge is 0.196 e. The maximum atomic E-state index is 12.5. The summed E-state index contributed by atoms with van der Waals surface area (Å²) in [5.74, 6) is -0.633. The van der Waals surface area contributed by atoms with Crippen LogP contribution in [0, 0.1) is 0 Å². The predicted molar refractivity (Wildman–Crippen MR) is 83.1 cm³/mol. The number of thiol groups is 2. The predicted octanol–water partition coefficient (Wildman–Crippen LogP) is 2.20. The number of carbonyl (C=O) groups is 2. The molecule has 0 amide bonds. The molecule has 1 aliphatic carbocycles. The topological polar surface area (TPSA) is 86.2 Å². The average molecular weight is 302 g/mol. The Balaban J connectivity index is 2.40. The number of rotatable bonds is 0. The van der Waals surface area contributed by atoms with Crippen molar-refractivity contribution in [2.45, 2.75) is 9.79 Å². The lowest BCUT2D eigenvalue weighted by atomic mass is 9.82. The quantitative estimate of drug-likeness (QED) is 0.379. The number of hydrogen-bond acceptors (Lipinski definition) is 6. The van der Waals surface area contributed by atoms with Crippen molar-refractivity contribution in [3.63, 3.8) is 0 Å². The van der Waals surface area contributed by atoms with Crippen LogP contribution in [0.5, 0.6) is 0 Å². The summed E-state index contributed by atoms with van der Waals surface area (Å²) in [4.78, 5) is 26.0. The van der Waals surface area contributed by atoms with Crippen molar-refractivity contribution in [2.75, 3.05) is 11.5 Å². The first-order valence-electron chi connectivity index (χ1n) is 5.75. The molecule has 4 N–H and O–H groups in total. The van der Waals surface area contributed by atoms with Gasteiger partial charge in [-0.05, 0) is 24.3 Å². The van der Waals surface area contributed by atoms with Gasteiger partial charge in [0.2, 0.25) is 0 Å². The number of anilines is 2. The summed E-state index contributed by atoms with van der Waals surface area (Å²) in [7, 11) is 0. The molecular weight excluding hydrogens is 292 g/mol. The molecule has 2 aromatic rings. The zero-order chi connectivity index (χ0) is 14.6. The molecule has 0 atom stereocenters. The van der Waals surface area contributed by atoms with Crippen molar-refractivity contribution in [3.8, 4) is 0 Å². The first-order valence-corrected chi connectivity index (χ1v) is 6.65. The van der Waals surface area contributed by atoms with Gasteiger partial charge < -0.3 is 11.5 Å². The molecule has 0 saturated carbocycles. The maximum Gasteiger partial charge on any atom is 0.196 e. The third kappa shape index (κ3) is 1.58. The minimum atomic E-state index is -0.317. The van der Waals surface area contributed by atoms with Gasteiger partial charge in [0.05, 0.1) is 22.5 Å². The molecule has 0 radical (unpaired) electrons. The molecule has 20 heavy (non-hydrogen) atoms. The highest BCUT2D eigenvalue weighted by molar-refractivity contribution is 7.80. The highest BCUT2D eigenvalue weighted by Crippen LogP contribution is 2.37. The number of ketones is 2. The summed E-state index contributed by atoms with van der Waals surface area (Å²) in [5, 5.41) is 0. The molecule has 4 nitrogen and oxygen atoms in total. The second-order valence-electron chi connectivity index (χ2n) is 4.50. The van der Waals surface area contributed by atoms with E-state index in [1.54, 1.807) is 24.3 Å². The van der Waals surface area contributed by atoms with Crippen LogP contribution in [0.2, 0.25) is 0 Å². The average Bonchev–Trinajstić information content (AvgIpc) is 2.42. The van der Waals surface area contributed by atoms with Crippen molar-refractivity contribution in [1.82, 2.24) is 0 Å². The van der Waals surface area contributed by atoms with Crippen molar-refractivity contribution in [1.29, 1.82) is 0 Å². The van der Waals surface area contributed by atoms with E-state index >= 15 is 0 Å². The monoisotopic (exact) mass is 302 g/mol. The van der Waals surface area contributed by atoms with Crippen LogP contribution in [0.4, 0.5) is 11.4 Å². The van der Waals surface area contributed by atoms with Gasteiger partial charge in [0, 0.05) is 20.9 Å². The molecule has 3 rings (SSSR count). The first kappa shape index (κ1) is 13.1. The Morgan fingerprint density at radius 3 is 1.40 bits per heavy atom. The lowest BCUT2D eigenvalue weighted by molar-refractivity contribution is 0.0980. The Morgan fingerprint density at radius 2 is 1.05 bits per heavy atom. The van der Waals surface area contributed by atoms with Crippen molar-refractivity contribution in [3.05, 3.63) is 46.5 Å². The summed E-state index contributed by atoms with van der Waals surface area (Å²) in [6, 6.07) is 6.27. The second kappa shape index (κ2) is 4.29. The SMILES string of the molecule is Nc1c(S)ccc2c1C(=O)c1ccc(S)c(N)c1C2=O. The zero-order valence-electron chi connectivity index (χ0n) is 10.2. The summed E-state index contributed by atoms with van der Waals surface area (Å²) in [5.41, 5.74) is 13.1. The van der Waals surface area contributed by atoms with Gasteiger partial charge in [0.1, 0.15) is 0 Å². The minimum absolute atomic E-state index is 0.196. The number of benzene rings is 2. The molecule has 0 aliphatic heterocycles. The van der Waals surface area contributed by atoms with E-state index in [2.05, 4.69) is 25.3 Å². The van der Waals surface area contributed by atoms with E-state index in [1.165, 1.54) is 0 Å². The van der Waals surface area contributed by atoms with Crippen LogP contribution in [0.3, 0.4) is 0 Å². The Kier molecular flexibility index (Phi) is 2.81. The summed E-state index contributed by atoms with van der Waals surface area (Å²) in [6.45, 7) is 0. The van der Waals surface area contributed by atoms with Gasteiger partial charge in [-0.2, -0.15) is 0 Å². The fourth-order valence-electron chi connectivity index (χ4n) is 2.35. The molecule has 0 fully saturated rings. The molecule has 0 spiro atoms. The van der Waals surface area contributed by atoms with E-state index in [1.807, 2.05) is 0 Å². The van der Waals surface area contributed by atoms with E-state index in [4.69, 9.17) is 11.5 Å². The highest BCUT2D eigenvalue weighted by atomic mass is 32.1. The highest BCUT2D eigenvalue weighted by Gasteiger charge is 2.33. The van der Waals surface area contributed by atoms with Gasteiger partial charge in [-0.1, -0.05) is 0 Å². The lowest BCUT2D eigenvalue weighted by Crippen LogP contribution is -2.24. The molecule has 0 heterocycles. The maximum absolute atomic E-state index is 12.5. The van der Waals surface area contributed by atoms with Crippen LogP contribution >= 0.6 is 25.3 Å². The zero-order valence-corrected chi connectivity index (χ0v) is 12.0. The van der Waals surface area contributed by atoms with E-state index in [9.17, 15) is 9.59 Å². The number of carbonyl (C=O) groups excluding carboxylic acids is 2. The van der Waals surface area contributed by atoms with E-state index in [-0.39, 0.29) is 45.2 Å². The molecule has 1 aliphatic rings. The van der Waals surface area contributed by atoms with Gasteiger partial charge in [-0.15, -0.1) is 25.3 Å². The van der Waals surface area contributed by atoms with Crippen molar-refractivity contribution < 1.29 is 9.59 Å². The molecule has 6 heteroatoms. The molecule has 100 valence electrons. The number of hydrogen-bond donors (Lipinski definition) is 4. The van der Waals surface area contributed by atoms with Crippen LogP contribution in [0.1, 0.15) is 31.8 Å². The normalized spacial score (nSPS) is 13.1. The van der Waals surface area contributed by atoms with Crippen molar-refractivity contribution >= 4 is 48.2 Å². The Bertz CT molecular complexity index is 733. The van der Waals surface area contributed by atoms with Crippen LogP contribution in [-0.2, 0) is 0 Å². The largest absolute Gasteiger partial charge is 0.397 e. The molecule has 0 aromatic heterocycles. The Labute approximate surface area is 126 Å². The third-order valence-electron chi connectivity index (χ3n) is 3.39. The molecule has 0 unspecified atom stereocenters. The van der Waals surface area contributed by atoms with Gasteiger partial charge in [-0.3, -0.25) is 9.59 Å². The number of nitrogens with two attached hydrogens (primary N) is 2. The van der Waals surface area contributed by atoms with E-state index in [0.717, 1.165) is 0 Å².